The van der Waals surface area contributed by atoms with Crippen LogP contribution in [0.5, 0.6) is 17.2 Å². The second-order valence-corrected chi connectivity index (χ2v) is 2.88. The summed E-state index contributed by atoms with van der Waals surface area (Å²) in [5, 5.41) is 9.63. The molecular formula is C10H15NO4. The molecule has 0 saturated heterocycles. The molecule has 0 spiro atoms. The summed E-state index contributed by atoms with van der Waals surface area (Å²) in [6.07, 6.45) is 0. The summed E-state index contributed by atoms with van der Waals surface area (Å²) >= 11 is 0. The minimum atomic E-state index is 0.0461. The molecule has 0 bridgehead atoms. The number of aromatic hydroxyl groups is 1. The highest BCUT2D eigenvalue weighted by molar-refractivity contribution is 5.52. The van der Waals surface area contributed by atoms with E-state index in [-0.39, 0.29) is 5.75 Å². The lowest BCUT2D eigenvalue weighted by molar-refractivity contribution is 0.0866. The minimum Gasteiger partial charge on any atom is -0.504 e. The van der Waals surface area contributed by atoms with E-state index < -0.39 is 0 Å². The zero-order chi connectivity index (χ0) is 11.3. The zero-order valence-electron chi connectivity index (χ0n) is 9.03. The lowest BCUT2D eigenvalue weighted by Crippen LogP contribution is -2.10. The summed E-state index contributed by atoms with van der Waals surface area (Å²) in [4.78, 5) is 4.71. The summed E-state index contributed by atoms with van der Waals surface area (Å²) < 4.78 is 10.1. The molecule has 0 fully saturated rings. The van der Waals surface area contributed by atoms with Crippen LogP contribution >= 0.6 is 0 Å². The second-order valence-electron chi connectivity index (χ2n) is 2.88. The van der Waals surface area contributed by atoms with Gasteiger partial charge in [-0.2, -0.15) is 5.48 Å². The molecule has 0 heterocycles. The van der Waals surface area contributed by atoms with Crippen LogP contribution in [-0.4, -0.2) is 26.4 Å². The third-order valence-electron chi connectivity index (χ3n) is 1.94. The summed E-state index contributed by atoms with van der Waals surface area (Å²) in [5.41, 5.74) is 3.51. The van der Waals surface area contributed by atoms with Gasteiger partial charge < -0.3 is 19.4 Å². The number of hydrogen-bond acceptors (Lipinski definition) is 5. The Morgan fingerprint density at radius 1 is 1.20 bits per heavy atom. The van der Waals surface area contributed by atoms with Gasteiger partial charge in [-0.25, -0.2) is 0 Å². The summed E-state index contributed by atoms with van der Waals surface area (Å²) in [7, 11) is 4.52. The molecule has 84 valence electrons. The first-order valence-electron chi connectivity index (χ1n) is 4.42. The fourth-order valence-electron chi connectivity index (χ4n) is 1.26. The molecule has 0 aliphatic rings. The molecule has 0 amide bonds. The van der Waals surface area contributed by atoms with E-state index in [9.17, 15) is 5.11 Å². The number of hydrogen-bond donors (Lipinski definition) is 2. The van der Waals surface area contributed by atoms with Gasteiger partial charge in [0.2, 0.25) is 5.75 Å². The molecule has 1 rings (SSSR count). The monoisotopic (exact) mass is 213 g/mol. The topological polar surface area (TPSA) is 60.0 Å². The molecule has 1 aromatic rings. The van der Waals surface area contributed by atoms with Gasteiger partial charge in [0.05, 0.1) is 21.3 Å². The Morgan fingerprint density at radius 3 is 2.47 bits per heavy atom. The van der Waals surface area contributed by atoms with Crippen LogP contribution in [0.1, 0.15) is 5.56 Å². The Hall–Kier alpha value is -1.46. The maximum Gasteiger partial charge on any atom is 0.203 e. The average Bonchev–Trinajstić information content (AvgIpc) is 2.25. The first kappa shape index (κ1) is 11.6. The van der Waals surface area contributed by atoms with Gasteiger partial charge in [-0.15, -0.1) is 0 Å². The second kappa shape index (κ2) is 5.43. The number of methoxy groups -OCH3 is 2. The zero-order valence-corrected chi connectivity index (χ0v) is 9.03. The van der Waals surface area contributed by atoms with Crippen LogP contribution in [0.25, 0.3) is 0 Å². The molecule has 15 heavy (non-hydrogen) atoms. The van der Waals surface area contributed by atoms with E-state index in [0.717, 1.165) is 5.56 Å². The van der Waals surface area contributed by atoms with Gasteiger partial charge >= 0.3 is 0 Å². The van der Waals surface area contributed by atoms with E-state index in [1.54, 1.807) is 12.1 Å². The van der Waals surface area contributed by atoms with Crippen LogP contribution in [0.15, 0.2) is 12.1 Å². The third kappa shape index (κ3) is 2.74. The predicted molar refractivity (Wildman–Crippen MR) is 55.1 cm³/mol. The highest BCUT2D eigenvalue weighted by Gasteiger charge is 2.11. The molecule has 5 heteroatoms. The Balaban J connectivity index is 2.97. The average molecular weight is 213 g/mol. The highest BCUT2D eigenvalue weighted by atomic mass is 16.6. The standard InChI is InChI=1S/C10H15NO4/c1-13-9-5-7(6-11-15-3)4-8(12)10(9)14-2/h4-5,11-12H,6H2,1-3H3. The van der Waals surface area contributed by atoms with Gasteiger partial charge in [-0.1, -0.05) is 0 Å². The van der Waals surface area contributed by atoms with Gasteiger partial charge in [0.1, 0.15) is 0 Å². The number of ether oxygens (including phenoxy) is 2. The highest BCUT2D eigenvalue weighted by Crippen LogP contribution is 2.37. The van der Waals surface area contributed by atoms with Crippen molar-refractivity contribution in [2.45, 2.75) is 6.54 Å². The number of nitrogens with one attached hydrogen (secondary N) is 1. The van der Waals surface area contributed by atoms with Gasteiger partial charge in [-0.05, 0) is 17.7 Å². The van der Waals surface area contributed by atoms with Gasteiger partial charge in [0.25, 0.3) is 0 Å². The Kier molecular flexibility index (Phi) is 4.20. The minimum absolute atomic E-state index is 0.0461. The fraction of sp³-hybridized carbons (Fsp3) is 0.400. The summed E-state index contributed by atoms with van der Waals surface area (Å²) in [5.74, 6) is 0.869. The quantitative estimate of drug-likeness (QED) is 0.716. The predicted octanol–water partition coefficient (Wildman–Crippen LogP) is 1.06. The lowest BCUT2D eigenvalue weighted by Gasteiger charge is -2.11. The maximum atomic E-state index is 9.63. The molecular weight excluding hydrogens is 198 g/mol. The van der Waals surface area contributed by atoms with Crippen LogP contribution < -0.4 is 15.0 Å². The van der Waals surface area contributed by atoms with Crippen molar-refractivity contribution in [2.24, 2.45) is 0 Å². The van der Waals surface area contributed by atoms with Crippen LogP contribution in [-0.2, 0) is 11.4 Å². The normalized spacial score (nSPS) is 10.1. The van der Waals surface area contributed by atoms with Crippen molar-refractivity contribution in [3.05, 3.63) is 17.7 Å². The largest absolute Gasteiger partial charge is 0.504 e. The van der Waals surface area contributed by atoms with Crippen molar-refractivity contribution in [1.29, 1.82) is 0 Å². The maximum absolute atomic E-state index is 9.63. The van der Waals surface area contributed by atoms with E-state index in [1.165, 1.54) is 21.3 Å². The first-order valence-corrected chi connectivity index (χ1v) is 4.42. The van der Waals surface area contributed by atoms with Crippen LogP contribution in [0, 0.1) is 0 Å². The number of benzene rings is 1. The lowest BCUT2D eigenvalue weighted by atomic mass is 10.2. The molecule has 0 aliphatic carbocycles. The third-order valence-corrected chi connectivity index (χ3v) is 1.94. The van der Waals surface area contributed by atoms with Crippen molar-refractivity contribution >= 4 is 0 Å². The Morgan fingerprint density at radius 2 is 1.93 bits per heavy atom. The van der Waals surface area contributed by atoms with Gasteiger partial charge in [0, 0.05) is 6.54 Å². The van der Waals surface area contributed by atoms with Crippen molar-refractivity contribution in [3.63, 3.8) is 0 Å². The SMILES string of the molecule is CONCc1cc(O)c(OC)c(OC)c1. The van der Waals surface area contributed by atoms with Crippen LogP contribution in [0.3, 0.4) is 0 Å². The molecule has 0 aromatic heterocycles. The van der Waals surface area contributed by atoms with Crippen molar-refractivity contribution in [3.8, 4) is 17.2 Å². The first-order chi connectivity index (χ1) is 7.22. The van der Waals surface area contributed by atoms with E-state index in [4.69, 9.17) is 14.3 Å². The number of phenols is 1. The Labute approximate surface area is 88.5 Å². The van der Waals surface area contributed by atoms with E-state index in [1.807, 2.05) is 0 Å². The molecule has 2 N–H and O–H groups in total. The molecule has 0 aliphatic heterocycles. The molecule has 0 saturated carbocycles. The van der Waals surface area contributed by atoms with Crippen LogP contribution in [0.4, 0.5) is 0 Å². The molecule has 1 aromatic carbocycles. The number of hydroxylamine groups is 1. The summed E-state index contributed by atoms with van der Waals surface area (Å²) in [6.45, 7) is 0.477. The molecule has 0 atom stereocenters. The number of phenolic OH excluding ortho intramolecular Hbond substituents is 1. The molecule has 5 nitrogen and oxygen atoms in total. The fourth-order valence-corrected chi connectivity index (χ4v) is 1.26. The van der Waals surface area contributed by atoms with E-state index in [2.05, 4.69) is 5.48 Å². The Bertz CT molecular complexity index is 327. The molecule has 0 radical (unpaired) electrons. The smallest absolute Gasteiger partial charge is 0.203 e. The van der Waals surface area contributed by atoms with Gasteiger partial charge in [-0.3, -0.25) is 0 Å². The van der Waals surface area contributed by atoms with Crippen molar-refractivity contribution in [1.82, 2.24) is 5.48 Å². The van der Waals surface area contributed by atoms with E-state index >= 15 is 0 Å². The number of rotatable bonds is 5. The molecule has 0 unspecified atom stereocenters. The van der Waals surface area contributed by atoms with Gasteiger partial charge in [0.15, 0.2) is 11.5 Å². The van der Waals surface area contributed by atoms with Crippen LogP contribution in [0.2, 0.25) is 0 Å². The van der Waals surface area contributed by atoms with E-state index in [0.29, 0.717) is 18.0 Å². The van der Waals surface area contributed by atoms with Crippen molar-refractivity contribution in [2.75, 3.05) is 21.3 Å². The van der Waals surface area contributed by atoms with Crippen molar-refractivity contribution < 1.29 is 19.4 Å². The summed E-state index contributed by atoms with van der Waals surface area (Å²) in [6, 6.07) is 3.36.